The van der Waals surface area contributed by atoms with Gasteiger partial charge in [0.2, 0.25) is 5.88 Å². The van der Waals surface area contributed by atoms with E-state index in [4.69, 9.17) is 4.74 Å². The Morgan fingerprint density at radius 3 is 2.80 bits per heavy atom. The quantitative estimate of drug-likeness (QED) is 0.747. The van der Waals surface area contributed by atoms with Crippen LogP contribution in [0, 0.1) is 11.9 Å². The molecule has 2 nitrogen and oxygen atoms in total. The topological polar surface area (TPSA) is 22.1 Å². The third kappa shape index (κ3) is 2.13. The molecule has 0 saturated heterocycles. The lowest BCUT2D eigenvalue weighted by Crippen LogP contribution is -1.87. The fourth-order valence-corrected chi connectivity index (χ4v) is 1.32. The molecular formula is C12H9FNO. The molecule has 1 aromatic heterocycles. The van der Waals surface area contributed by atoms with Gasteiger partial charge in [0.15, 0.2) is 0 Å². The summed E-state index contributed by atoms with van der Waals surface area (Å²) in [5, 5.41) is 0. The molecule has 15 heavy (non-hydrogen) atoms. The van der Waals surface area contributed by atoms with Gasteiger partial charge in [-0.3, -0.25) is 0 Å². The number of aromatic nitrogens is 1. The highest BCUT2D eigenvalue weighted by atomic mass is 19.1. The molecule has 1 radical (unpaired) electrons. The number of ether oxygens (including phenoxy) is 1. The van der Waals surface area contributed by atoms with Gasteiger partial charge in [-0.05, 0) is 23.3 Å². The van der Waals surface area contributed by atoms with Gasteiger partial charge in [0.25, 0.3) is 0 Å². The zero-order chi connectivity index (χ0) is 10.7. The van der Waals surface area contributed by atoms with Crippen LogP contribution < -0.4 is 4.74 Å². The van der Waals surface area contributed by atoms with E-state index in [0.29, 0.717) is 5.88 Å². The van der Waals surface area contributed by atoms with Gasteiger partial charge in [-0.1, -0.05) is 12.1 Å². The van der Waals surface area contributed by atoms with Gasteiger partial charge in [-0.15, -0.1) is 0 Å². The van der Waals surface area contributed by atoms with E-state index in [1.54, 1.807) is 37.6 Å². The predicted molar refractivity (Wildman–Crippen MR) is 55.0 cm³/mol. The highest BCUT2D eigenvalue weighted by Gasteiger charge is 2.01. The summed E-state index contributed by atoms with van der Waals surface area (Å²) in [4.78, 5) is 3.98. The second-order valence-electron chi connectivity index (χ2n) is 3.01. The summed E-state index contributed by atoms with van der Waals surface area (Å²) in [5.74, 6) is 0.143. The summed E-state index contributed by atoms with van der Waals surface area (Å²) in [6.45, 7) is 0. The average molecular weight is 202 g/mol. The Morgan fingerprint density at radius 1 is 1.27 bits per heavy atom. The van der Waals surface area contributed by atoms with Crippen molar-refractivity contribution in [3.8, 4) is 17.0 Å². The molecule has 0 aliphatic heterocycles. The van der Waals surface area contributed by atoms with Crippen molar-refractivity contribution in [2.75, 3.05) is 7.11 Å². The molecule has 0 N–H and O–H groups in total. The summed E-state index contributed by atoms with van der Waals surface area (Å²) in [6, 6.07) is 10.8. The van der Waals surface area contributed by atoms with Crippen molar-refractivity contribution >= 4 is 0 Å². The Balaban J connectivity index is 2.44. The molecule has 0 aliphatic carbocycles. The molecular weight excluding hydrogens is 193 g/mol. The van der Waals surface area contributed by atoms with E-state index >= 15 is 0 Å². The normalized spacial score (nSPS) is 10.0. The molecule has 2 rings (SSSR count). The first-order valence-corrected chi connectivity index (χ1v) is 4.47. The minimum Gasteiger partial charge on any atom is -0.481 e. The Labute approximate surface area is 87.4 Å². The number of methoxy groups -OCH3 is 1. The minimum atomic E-state index is -0.372. The fourth-order valence-electron chi connectivity index (χ4n) is 1.32. The number of nitrogens with zero attached hydrogens (tertiary/aromatic N) is 1. The Hall–Kier alpha value is -1.90. The molecule has 0 aliphatic rings. The van der Waals surface area contributed by atoms with E-state index in [2.05, 4.69) is 11.1 Å². The average Bonchev–Trinajstić information content (AvgIpc) is 2.29. The van der Waals surface area contributed by atoms with Gasteiger partial charge in [0.1, 0.15) is 5.82 Å². The Bertz CT molecular complexity index is 471. The van der Waals surface area contributed by atoms with Crippen LogP contribution in [0.1, 0.15) is 0 Å². The molecule has 0 bridgehead atoms. The molecule has 2 aromatic rings. The summed E-state index contributed by atoms with van der Waals surface area (Å²) in [5.41, 5.74) is 1.65. The summed E-state index contributed by atoms with van der Waals surface area (Å²) in [7, 11) is 1.55. The highest BCUT2D eigenvalue weighted by Crippen LogP contribution is 2.22. The maximum atomic E-state index is 12.9. The van der Waals surface area contributed by atoms with Gasteiger partial charge >= 0.3 is 0 Å². The summed E-state index contributed by atoms with van der Waals surface area (Å²) in [6.07, 6.45) is 1.63. The smallest absolute Gasteiger partial charge is 0.213 e. The number of pyridine rings is 1. The summed E-state index contributed by atoms with van der Waals surface area (Å²) >= 11 is 0. The molecule has 1 aromatic carbocycles. The lowest BCUT2D eigenvalue weighted by Gasteiger charge is -2.03. The lowest BCUT2D eigenvalue weighted by atomic mass is 10.1. The van der Waals surface area contributed by atoms with E-state index in [1.807, 2.05) is 0 Å². The van der Waals surface area contributed by atoms with Crippen LogP contribution in [-0.4, -0.2) is 12.1 Å². The maximum Gasteiger partial charge on any atom is 0.213 e. The van der Waals surface area contributed by atoms with E-state index in [0.717, 1.165) is 11.1 Å². The zero-order valence-electron chi connectivity index (χ0n) is 8.20. The monoisotopic (exact) mass is 202 g/mol. The van der Waals surface area contributed by atoms with Crippen LogP contribution in [0.4, 0.5) is 4.39 Å². The largest absolute Gasteiger partial charge is 0.481 e. The van der Waals surface area contributed by atoms with Crippen molar-refractivity contribution < 1.29 is 9.13 Å². The van der Waals surface area contributed by atoms with Crippen molar-refractivity contribution in [3.63, 3.8) is 0 Å². The van der Waals surface area contributed by atoms with Crippen molar-refractivity contribution in [1.29, 1.82) is 0 Å². The molecule has 0 atom stereocenters. The molecule has 0 amide bonds. The van der Waals surface area contributed by atoms with Crippen LogP contribution in [0.3, 0.4) is 0 Å². The predicted octanol–water partition coefficient (Wildman–Crippen LogP) is 2.70. The molecule has 1 heterocycles. The minimum absolute atomic E-state index is 0.372. The van der Waals surface area contributed by atoms with Crippen LogP contribution in [0.2, 0.25) is 0 Å². The third-order valence-electron chi connectivity index (χ3n) is 2.04. The van der Waals surface area contributed by atoms with Crippen molar-refractivity contribution in [2.45, 2.75) is 0 Å². The molecule has 0 spiro atoms. The number of halogens is 1. The molecule has 0 fully saturated rings. The first-order chi connectivity index (χ1) is 7.29. The molecule has 3 heteroatoms. The van der Waals surface area contributed by atoms with Crippen LogP contribution in [0.5, 0.6) is 5.88 Å². The van der Waals surface area contributed by atoms with Crippen LogP contribution in [-0.2, 0) is 0 Å². The van der Waals surface area contributed by atoms with Crippen molar-refractivity contribution in [1.82, 2.24) is 4.98 Å². The molecule has 0 saturated carbocycles. The standard InChI is InChI=1S/C12H9FNO/c1-15-12-8-10(5-6-14-12)9-3-2-4-11(13)7-9/h2-3,5-8H,1H3. The first-order valence-electron chi connectivity index (χ1n) is 4.47. The van der Waals surface area contributed by atoms with E-state index in [9.17, 15) is 4.39 Å². The Kier molecular flexibility index (Phi) is 2.63. The van der Waals surface area contributed by atoms with Gasteiger partial charge < -0.3 is 4.74 Å². The maximum absolute atomic E-state index is 12.9. The number of hydrogen-bond donors (Lipinski definition) is 0. The fraction of sp³-hybridized carbons (Fsp3) is 0.0833. The van der Waals surface area contributed by atoms with E-state index in [1.165, 1.54) is 6.07 Å². The van der Waals surface area contributed by atoms with Crippen molar-refractivity contribution in [2.24, 2.45) is 0 Å². The van der Waals surface area contributed by atoms with Gasteiger partial charge in [-0.25, -0.2) is 9.37 Å². The van der Waals surface area contributed by atoms with E-state index < -0.39 is 0 Å². The van der Waals surface area contributed by atoms with Crippen LogP contribution in [0.15, 0.2) is 36.5 Å². The second-order valence-corrected chi connectivity index (χ2v) is 3.01. The lowest BCUT2D eigenvalue weighted by molar-refractivity contribution is 0.398. The number of hydrogen-bond acceptors (Lipinski definition) is 2. The summed E-state index contributed by atoms with van der Waals surface area (Å²) < 4.78 is 17.9. The zero-order valence-corrected chi connectivity index (χ0v) is 8.20. The molecule has 75 valence electrons. The van der Waals surface area contributed by atoms with Gasteiger partial charge in [-0.2, -0.15) is 0 Å². The van der Waals surface area contributed by atoms with Gasteiger partial charge in [0, 0.05) is 18.3 Å². The second kappa shape index (κ2) is 4.09. The number of rotatable bonds is 2. The highest BCUT2D eigenvalue weighted by molar-refractivity contribution is 5.63. The third-order valence-corrected chi connectivity index (χ3v) is 2.04. The SMILES string of the molecule is COc1cc(-c2cc[c]c(F)c2)ccn1. The Morgan fingerprint density at radius 2 is 2.07 bits per heavy atom. The first kappa shape index (κ1) is 9.65. The van der Waals surface area contributed by atoms with Crippen molar-refractivity contribution in [3.05, 3.63) is 48.4 Å². The van der Waals surface area contributed by atoms with E-state index in [-0.39, 0.29) is 5.82 Å². The molecule has 0 unspecified atom stereocenters. The van der Waals surface area contributed by atoms with Crippen LogP contribution in [0.25, 0.3) is 11.1 Å². The van der Waals surface area contributed by atoms with Gasteiger partial charge in [0.05, 0.1) is 7.11 Å². The van der Waals surface area contributed by atoms with Crippen LogP contribution >= 0.6 is 0 Å². The number of benzene rings is 1.